The van der Waals surface area contributed by atoms with Gasteiger partial charge in [-0.15, -0.1) is 0 Å². The van der Waals surface area contributed by atoms with Gasteiger partial charge >= 0.3 is 12.1 Å². The Hall–Kier alpha value is -4.91. The van der Waals surface area contributed by atoms with Crippen LogP contribution in [0.25, 0.3) is 33.3 Å². The highest BCUT2D eigenvalue weighted by molar-refractivity contribution is 5.95. The van der Waals surface area contributed by atoms with E-state index >= 15 is 0 Å². The van der Waals surface area contributed by atoms with Crippen LogP contribution in [-0.4, -0.2) is 39.8 Å². The molecule has 1 aliphatic rings. The molecule has 0 spiro atoms. The van der Waals surface area contributed by atoms with Gasteiger partial charge in [-0.3, -0.25) is 4.98 Å². The van der Waals surface area contributed by atoms with Crippen molar-refractivity contribution in [2.75, 3.05) is 6.61 Å². The van der Waals surface area contributed by atoms with E-state index in [1.54, 1.807) is 12.4 Å². The van der Waals surface area contributed by atoms with Gasteiger partial charge < -0.3 is 20.1 Å². The predicted octanol–water partition coefficient (Wildman–Crippen LogP) is 5.76. The zero-order chi connectivity index (χ0) is 26.1. The van der Waals surface area contributed by atoms with Crippen molar-refractivity contribution >= 4 is 23.0 Å². The number of benzene rings is 3. The number of carbonyl (C=O) groups excluding carboxylic acids is 1. The van der Waals surface area contributed by atoms with E-state index in [2.05, 4.69) is 27.4 Å². The summed E-state index contributed by atoms with van der Waals surface area (Å²) in [5.41, 5.74) is 7.84. The molecule has 1 aliphatic carbocycles. The highest BCUT2D eigenvalue weighted by atomic mass is 16.5. The van der Waals surface area contributed by atoms with Crippen molar-refractivity contribution in [2.24, 2.45) is 0 Å². The average molecular weight is 504 g/mol. The quantitative estimate of drug-likeness (QED) is 0.262. The largest absolute Gasteiger partial charge is 0.480 e. The molecule has 0 bridgehead atoms. The Morgan fingerprint density at radius 2 is 1.58 bits per heavy atom. The summed E-state index contributed by atoms with van der Waals surface area (Å²) in [6.07, 6.45) is 2.86. The van der Waals surface area contributed by atoms with E-state index in [1.165, 1.54) is 0 Å². The lowest BCUT2D eigenvalue weighted by molar-refractivity contribution is -0.139. The molecule has 3 N–H and O–H groups in total. The summed E-state index contributed by atoms with van der Waals surface area (Å²) in [6, 6.07) is 26.5. The molecule has 0 aliphatic heterocycles. The second-order valence-corrected chi connectivity index (χ2v) is 9.32. The van der Waals surface area contributed by atoms with Crippen molar-refractivity contribution in [1.82, 2.24) is 15.3 Å². The molecule has 0 fully saturated rings. The second kappa shape index (κ2) is 9.86. The minimum absolute atomic E-state index is 0.102. The number of carboxylic acids is 1. The number of aliphatic carboxylic acids is 1. The molecule has 38 heavy (non-hydrogen) atoms. The normalized spacial score (nSPS) is 13.1. The average Bonchev–Trinajstić information content (AvgIpc) is 3.51. The zero-order valence-corrected chi connectivity index (χ0v) is 20.4. The Morgan fingerprint density at radius 1 is 0.895 bits per heavy atom. The predicted molar refractivity (Wildman–Crippen MR) is 145 cm³/mol. The van der Waals surface area contributed by atoms with Gasteiger partial charge in [-0.2, -0.15) is 0 Å². The number of aromatic nitrogens is 2. The second-order valence-electron chi connectivity index (χ2n) is 9.32. The number of alkyl carbamates (subject to hydrolysis) is 1. The van der Waals surface area contributed by atoms with Gasteiger partial charge in [-0.25, -0.2) is 9.59 Å². The van der Waals surface area contributed by atoms with Crippen LogP contribution in [0.2, 0.25) is 0 Å². The molecular formula is C31H25N3O4. The molecule has 0 saturated carbocycles. The molecule has 6 rings (SSSR count). The number of para-hydroxylation sites is 1. The Bertz CT molecular complexity index is 1600. The van der Waals surface area contributed by atoms with Crippen molar-refractivity contribution in [3.8, 4) is 22.4 Å². The number of carboxylic acid groups (broad SMARTS) is 1. The number of amides is 1. The van der Waals surface area contributed by atoms with Gasteiger partial charge in [0.25, 0.3) is 0 Å². The number of nitrogens with zero attached hydrogens (tertiary/aromatic N) is 1. The summed E-state index contributed by atoms with van der Waals surface area (Å²) in [5.74, 6) is -1.23. The summed E-state index contributed by atoms with van der Waals surface area (Å²) in [5, 5.41) is 13.3. The fraction of sp³-hybridized carbons (Fsp3) is 0.129. The smallest absolute Gasteiger partial charge is 0.407 e. The van der Waals surface area contributed by atoms with Crippen molar-refractivity contribution in [1.29, 1.82) is 0 Å². The van der Waals surface area contributed by atoms with Gasteiger partial charge in [0.1, 0.15) is 12.6 Å². The van der Waals surface area contributed by atoms with E-state index in [4.69, 9.17) is 4.74 Å². The van der Waals surface area contributed by atoms with Gasteiger partial charge in [-0.05, 0) is 39.9 Å². The van der Waals surface area contributed by atoms with Crippen LogP contribution in [0.5, 0.6) is 0 Å². The topological polar surface area (TPSA) is 104 Å². The van der Waals surface area contributed by atoms with E-state index in [-0.39, 0.29) is 18.9 Å². The molecular weight excluding hydrogens is 478 g/mol. The van der Waals surface area contributed by atoms with Gasteiger partial charge in [0.2, 0.25) is 0 Å². The van der Waals surface area contributed by atoms with Gasteiger partial charge in [-0.1, -0.05) is 72.8 Å². The number of carbonyl (C=O) groups is 2. The number of pyridine rings is 1. The maximum Gasteiger partial charge on any atom is 0.407 e. The first-order valence-corrected chi connectivity index (χ1v) is 12.4. The molecule has 0 radical (unpaired) electrons. The number of hydrogen-bond acceptors (Lipinski definition) is 4. The first-order chi connectivity index (χ1) is 18.6. The summed E-state index contributed by atoms with van der Waals surface area (Å²) in [7, 11) is 0. The summed E-state index contributed by atoms with van der Waals surface area (Å²) in [6.45, 7) is 0.118. The van der Waals surface area contributed by atoms with Crippen LogP contribution in [-0.2, 0) is 16.0 Å². The van der Waals surface area contributed by atoms with Gasteiger partial charge in [0, 0.05) is 35.7 Å². The van der Waals surface area contributed by atoms with Crippen LogP contribution < -0.4 is 5.32 Å². The zero-order valence-electron chi connectivity index (χ0n) is 20.4. The van der Waals surface area contributed by atoms with Gasteiger partial charge in [0.05, 0.1) is 11.2 Å². The molecule has 0 saturated heterocycles. The summed E-state index contributed by atoms with van der Waals surface area (Å²) < 4.78 is 5.57. The monoisotopic (exact) mass is 503 g/mol. The van der Waals surface area contributed by atoms with Gasteiger partial charge in [0.15, 0.2) is 0 Å². The van der Waals surface area contributed by atoms with Crippen LogP contribution in [0.3, 0.4) is 0 Å². The number of hydrogen-bond donors (Lipinski definition) is 3. The van der Waals surface area contributed by atoms with E-state index in [0.717, 1.165) is 50.0 Å². The summed E-state index contributed by atoms with van der Waals surface area (Å²) in [4.78, 5) is 32.5. The van der Waals surface area contributed by atoms with Crippen molar-refractivity contribution in [2.45, 2.75) is 18.4 Å². The van der Waals surface area contributed by atoms with Crippen molar-refractivity contribution in [3.05, 3.63) is 114 Å². The fourth-order valence-electron chi connectivity index (χ4n) is 5.32. The number of H-pyrrole nitrogens is 1. The lowest BCUT2D eigenvalue weighted by Gasteiger charge is -2.17. The first kappa shape index (κ1) is 23.5. The molecule has 0 unspecified atom stereocenters. The number of ether oxygens (including phenoxy) is 1. The molecule has 7 nitrogen and oxygen atoms in total. The molecule has 2 aromatic heterocycles. The van der Waals surface area contributed by atoms with Crippen molar-refractivity contribution < 1.29 is 19.4 Å². The maximum atomic E-state index is 12.8. The molecule has 5 aromatic rings. The van der Waals surface area contributed by atoms with Crippen LogP contribution in [0, 0.1) is 0 Å². The molecule has 188 valence electrons. The molecule has 3 aromatic carbocycles. The Kier molecular flexibility index (Phi) is 6.09. The molecule has 7 heteroatoms. The highest BCUT2D eigenvalue weighted by Gasteiger charge is 2.30. The number of rotatable bonds is 7. The minimum Gasteiger partial charge on any atom is -0.480 e. The van der Waals surface area contributed by atoms with E-state index < -0.39 is 18.1 Å². The Balaban J connectivity index is 1.17. The van der Waals surface area contributed by atoms with Crippen LogP contribution in [0.4, 0.5) is 4.79 Å². The van der Waals surface area contributed by atoms with Crippen LogP contribution >= 0.6 is 0 Å². The lowest BCUT2D eigenvalue weighted by atomic mass is 9.98. The molecule has 2 heterocycles. The van der Waals surface area contributed by atoms with Crippen molar-refractivity contribution in [3.63, 3.8) is 0 Å². The highest BCUT2D eigenvalue weighted by Crippen LogP contribution is 2.44. The SMILES string of the molecule is O=C(N[C@@H](Cc1c[nH]c2c(-c3ccccn3)cccc12)C(=O)O)OCC1c2ccccc2-c2ccccc21. The number of nitrogens with one attached hydrogen (secondary N) is 2. The van der Waals surface area contributed by atoms with Crippen LogP contribution in [0.1, 0.15) is 22.6 Å². The number of aromatic amines is 1. The third-order valence-corrected chi connectivity index (χ3v) is 7.10. The maximum absolute atomic E-state index is 12.8. The van der Waals surface area contributed by atoms with E-state index in [9.17, 15) is 14.7 Å². The fourth-order valence-corrected chi connectivity index (χ4v) is 5.32. The Morgan fingerprint density at radius 3 is 2.26 bits per heavy atom. The molecule has 1 atom stereocenters. The molecule has 1 amide bonds. The van der Waals surface area contributed by atoms with Crippen LogP contribution in [0.15, 0.2) is 97.3 Å². The lowest BCUT2D eigenvalue weighted by Crippen LogP contribution is -2.42. The van der Waals surface area contributed by atoms with E-state index in [0.29, 0.717) is 0 Å². The van der Waals surface area contributed by atoms with E-state index in [1.807, 2.05) is 72.8 Å². The Labute approximate surface area is 219 Å². The number of fused-ring (bicyclic) bond motifs is 4. The minimum atomic E-state index is -1.15. The summed E-state index contributed by atoms with van der Waals surface area (Å²) >= 11 is 0. The third kappa shape index (κ3) is 4.28. The first-order valence-electron chi connectivity index (χ1n) is 12.4. The standard InChI is InChI=1S/C31H25N3O4/c35-30(36)28(16-19-17-33-29-20(19)12-7-13-25(29)27-14-5-6-15-32-27)34-31(37)38-18-26-23-10-3-1-8-21(23)22-9-2-4-11-24(22)26/h1-15,17,26,28,33H,16,18H2,(H,34,37)(H,35,36)/t28-/m0/s1. The third-order valence-electron chi connectivity index (χ3n) is 7.10.